The van der Waals surface area contributed by atoms with Gasteiger partial charge >= 0.3 is 5.97 Å². The SMILES string of the molecule is CCOC(=O)CCOc1ccc(Br)cc1C1CCCCC1. The lowest BCUT2D eigenvalue weighted by Crippen LogP contribution is -2.12. The van der Waals surface area contributed by atoms with Gasteiger partial charge < -0.3 is 9.47 Å². The van der Waals surface area contributed by atoms with E-state index >= 15 is 0 Å². The molecule has 1 aromatic rings. The summed E-state index contributed by atoms with van der Waals surface area (Å²) in [5, 5.41) is 0. The number of rotatable bonds is 6. The number of halogens is 1. The van der Waals surface area contributed by atoms with E-state index < -0.39 is 0 Å². The molecule has 116 valence electrons. The molecule has 0 heterocycles. The molecule has 0 saturated heterocycles. The Morgan fingerprint density at radius 1 is 1.29 bits per heavy atom. The van der Waals surface area contributed by atoms with Gasteiger partial charge in [0.25, 0.3) is 0 Å². The van der Waals surface area contributed by atoms with Gasteiger partial charge in [-0.1, -0.05) is 35.2 Å². The Morgan fingerprint density at radius 2 is 2.05 bits per heavy atom. The average Bonchev–Trinajstić information content (AvgIpc) is 2.50. The maximum Gasteiger partial charge on any atom is 0.309 e. The van der Waals surface area contributed by atoms with Gasteiger partial charge in [-0.05, 0) is 49.4 Å². The lowest BCUT2D eigenvalue weighted by Gasteiger charge is -2.24. The maximum atomic E-state index is 11.4. The zero-order valence-corrected chi connectivity index (χ0v) is 14.2. The Bertz CT molecular complexity index is 467. The van der Waals surface area contributed by atoms with Crippen molar-refractivity contribution in [1.29, 1.82) is 0 Å². The fraction of sp³-hybridized carbons (Fsp3) is 0.588. The van der Waals surface area contributed by atoms with Gasteiger partial charge in [-0.15, -0.1) is 0 Å². The third-order valence-corrected chi connectivity index (χ3v) is 4.38. The van der Waals surface area contributed by atoms with Gasteiger partial charge in [-0.2, -0.15) is 0 Å². The molecule has 1 aliphatic carbocycles. The van der Waals surface area contributed by atoms with E-state index in [1.807, 2.05) is 19.1 Å². The second-order valence-electron chi connectivity index (χ2n) is 5.42. The fourth-order valence-corrected chi connectivity index (χ4v) is 3.24. The van der Waals surface area contributed by atoms with E-state index in [1.165, 1.54) is 37.7 Å². The molecule has 0 bridgehead atoms. The van der Waals surface area contributed by atoms with Crippen molar-refractivity contribution < 1.29 is 14.3 Å². The number of hydrogen-bond acceptors (Lipinski definition) is 3. The molecule has 1 fully saturated rings. The summed E-state index contributed by atoms with van der Waals surface area (Å²) in [4.78, 5) is 11.4. The van der Waals surface area contributed by atoms with Crippen LogP contribution in [0.5, 0.6) is 5.75 Å². The molecular formula is C17H23BrO3. The first-order valence-corrected chi connectivity index (χ1v) is 8.58. The number of carbonyl (C=O) groups is 1. The van der Waals surface area contributed by atoms with Gasteiger partial charge in [0.2, 0.25) is 0 Å². The van der Waals surface area contributed by atoms with Crippen LogP contribution in [0.2, 0.25) is 0 Å². The number of ether oxygens (including phenoxy) is 2. The molecule has 21 heavy (non-hydrogen) atoms. The van der Waals surface area contributed by atoms with Crippen molar-refractivity contribution in [1.82, 2.24) is 0 Å². The fourth-order valence-electron chi connectivity index (χ4n) is 2.86. The minimum absolute atomic E-state index is 0.200. The Balaban J connectivity index is 1.99. The normalized spacial score (nSPS) is 15.7. The Labute approximate surface area is 135 Å². The van der Waals surface area contributed by atoms with Crippen LogP contribution < -0.4 is 4.74 Å². The van der Waals surface area contributed by atoms with Crippen molar-refractivity contribution in [3.05, 3.63) is 28.2 Å². The molecule has 2 rings (SSSR count). The molecule has 1 saturated carbocycles. The molecule has 0 amide bonds. The zero-order chi connectivity index (χ0) is 15.1. The topological polar surface area (TPSA) is 35.5 Å². The predicted molar refractivity (Wildman–Crippen MR) is 86.7 cm³/mol. The first-order valence-electron chi connectivity index (χ1n) is 7.78. The number of esters is 1. The van der Waals surface area contributed by atoms with Crippen LogP contribution in [-0.4, -0.2) is 19.2 Å². The third kappa shape index (κ3) is 5.03. The van der Waals surface area contributed by atoms with E-state index in [0.717, 1.165) is 10.2 Å². The van der Waals surface area contributed by atoms with Gasteiger partial charge in [0, 0.05) is 4.47 Å². The molecule has 0 atom stereocenters. The number of hydrogen-bond donors (Lipinski definition) is 0. The van der Waals surface area contributed by atoms with E-state index in [9.17, 15) is 4.79 Å². The van der Waals surface area contributed by atoms with Crippen LogP contribution in [0.4, 0.5) is 0 Å². The molecule has 3 nitrogen and oxygen atoms in total. The smallest absolute Gasteiger partial charge is 0.309 e. The Hall–Kier alpha value is -1.03. The number of benzene rings is 1. The molecular weight excluding hydrogens is 332 g/mol. The highest BCUT2D eigenvalue weighted by molar-refractivity contribution is 9.10. The Morgan fingerprint density at radius 3 is 2.76 bits per heavy atom. The summed E-state index contributed by atoms with van der Waals surface area (Å²) in [7, 11) is 0. The average molecular weight is 355 g/mol. The van der Waals surface area contributed by atoms with Crippen LogP contribution in [0.3, 0.4) is 0 Å². The summed E-state index contributed by atoms with van der Waals surface area (Å²) < 4.78 is 11.8. The Kier molecular flexibility index (Phi) is 6.55. The highest BCUT2D eigenvalue weighted by Gasteiger charge is 2.19. The lowest BCUT2D eigenvalue weighted by molar-refractivity contribution is -0.143. The van der Waals surface area contributed by atoms with Gasteiger partial charge in [0.1, 0.15) is 5.75 Å². The summed E-state index contributed by atoms with van der Waals surface area (Å²) in [6.07, 6.45) is 6.67. The van der Waals surface area contributed by atoms with Crippen molar-refractivity contribution in [3.63, 3.8) is 0 Å². The largest absolute Gasteiger partial charge is 0.493 e. The van der Waals surface area contributed by atoms with Crippen molar-refractivity contribution in [2.45, 2.75) is 51.4 Å². The molecule has 0 N–H and O–H groups in total. The first-order chi connectivity index (χ1) is 10.2. The molecule has 1 aromatic carbocycles. The van der Waals surface area contributed by atoms with Crippen LogP contribution in [0, 0.1) is 0 Å². The van der Waals surface area contributed by atoms with E-state index in [0.29, 0.717) is 25.6 Å². The minimum Gasteiger partial charge on any atom is -0.493 e. The van der Waals surface area contributed by atoms with Crippen LogP contribution in [0.1, 0.15) is 56.9 Å². The second-order valence-corrected chi connectivity index (χ2v) is 6.34. The predicted octanol–water partition coefficient (Wildman–Crippen LogP) is 4.83. The van der Waals surface area contributed by atoms with Crippen LogP contribution in [-0.2, 0) is 9.53 Å². The lowest BCUT2D eigenvalue weighted by atomic mass is 9.84. The first kappa shape index (κ1) is 16.3. The summed E-state index contributed by atoms with van der Waals surface area (Å²) in [5.74, 6) is 1.29. The number of carbonyl (C=O) groups excluding carboxylic acids is 1. The van der Waals surface area contributed by atoms with Crippen molar-refractivity contribution in [2.24, 2.45) is 0 Å². The highest BCUT2D eigenvalue weighted by Crippen LogP contribution is 2.38. The summed E-state index contributed by atoms with van der Waals surface area (Å²) in [6.45, 7) is 2.61. The van der Waals surface area contributed by atoms with Gasteiger partial charge in [-0.25, -0.2) is 0 Å². The summed E-state index contributed by atoms with van der Waals surface area (Å²) in [5.41, 5.74) is 1.27. The van der Waals surface area contributed by atoms with Crippen LogP contribution >= 0.6 is 15.9 Å². The van der Waals surface area contributed by atoms with Gasteiger partial charge in [-0.3, -0.25) is 4.79 Å². The van der Waals surface area contributed by atoms with E-state index in [-0.39, 0.29) is 5.97 Å². The second kappa shape index (κ2) is 8.42. The molecule has 0 aromatic heterocycles. The van der Waals surface area contributed by atoms with Gasteiger partial charge in [0.15, 0.2) is 0 Å². The van der Waals surface area contributed by atoms with Crippen LogP contribution in [0.15, 0.2) is 22.7 Å². The summed E-state index contributed by atoms with van der Waals surface area (Å²) in [6, 6.07) is 6.15. The van der Waals surface area contributed by atoms with E-state index in [1.54, 1.807) is 0 Å². The molecule has 0 radical (unpaired) electrons. The minimum atomic E-state index is -0.200. The molecule has 0 aliphatic heterocycles. The monoisotopic (exact) mass is 354 g/mol. The van der Waals surface area contributed by atoms with Crippen molar-refractivity contribution in [2.75, 3.05) is 13.2 Å². The molecule has 0 spiro atoms. The quantitative estimate of drug-likeness (QED) is 0.686. The highest BCUT2D eigenvalue weighted by atomic mass is 79.9. The van der Waals surface area contributed by atoms with E-state index in [4.69, 9.17) is 9.47 Å². The van der Waals surface area contributed by atoms with Crippen molar-refractivity contribution >= 4 is 21.9 Å². The molecule has 4 heteroatoms. The molecule has 0 unspecified atom stereocenters. The van der Waals surface area contributed by atoms with Gasteiger partial charge in [0.05, 0.1) is 19.6 Å². The standard InChI is InChI=1S/C17H23BrO3/c1-2-20-17(19)10-11-21-16-9-8-14(18)12-15(16)13-6-4-3-5-7-13/h8-9,12-13H,2-7,10-11H2,1H3. The van der Waals surface area contributed by atoms with E-state index in [2.05, 4.69) is 22.0 Å². The zero-order valence-electron chi connectivity index (χ0n) is 12.6. The molecule has 1 aliphatic rings. The van der Waals surface area contributed by atoms with Crippen LogP contribution in [0.25, 0.3) is 0 Å². The summed E-state index contributed by atoms with van der Waals surface area (Å²) >= 11 is 3.55. The van der Waals surface area contributed by atoms with Crippen molar-refractivity contribution in [3.8, 4) is 5.75 Å². The maximum absolute atomic E-state index is 11.4. The third-order valence-electron chi connectivity index (χ3n) is 3.89.